The number of aryl methyl sites for hydroxylation is 3. The highest BCUT2D eigenvalue weighted by atomic mass is 32.1. The van der Waals surface area contributed by atoms with Gasteiger partial charge in [-0.2, -0.15) is 0 Å². The number of hydrogen-bond donors (Lipinski definition) is 2. The minimum Gasteiger partial charge on any atom is -0.487 e. The third-order valence-corrected chi connectivity index (χ3v) is 6.71. The molecular formula is C24H22N4O3S. The number of amides is 2. The Morgan fingerprint density at radius 3 is 2.84 bits per heavy atom. The topological polar surface area (TPSA) is 84.7 Å². The summed E-state index contributed by atoms with van der Waals surface area (Å²) >= 11 is 1.50. The highest BCUT2D eigenvalue weighted by Crippen LogP contribution is 2.30. The number of fused-ring (bicyclic) bond motifs is 2. The average Bonchev–Trinajstić information content (AvgIpc) is 3.51. The maximum atomic E-state index is 12.5. The van der Waals surface area contributed by atoms with Crippen LogP contribution in [-0.2, 0) is 19.4 Å². The monoisotopic (exact) mass is 446 g/mol. The van der Waals surface area contributed by atoms with Gasteiger partial charge in [0.15, 0.2) is 0 Å². The number of hydrazine groups is 1. The van der Waals surface area contributed by atoms with Gasteiger partial charge in [0, 0.05) is 22.8 Å². The van der Waals surface area contributed by atoms with Crippen LogP contribution in [0.3, 0.4) is 0 Å². The van der Waals surface area contributed by atoms with E-state index in [0.717, 1.165) is 36.2 Å². The molecule has 3 heterocycles. The van der Waals surface area contributed by atoms with E-state index in [0.29, 0.717) is 16.2 Å². The van der Waals surface area contributed by atoms with E-state index < -0.39 is 5.91 Å². The first kappa shape index (κ1) is 20.3. The van der Waals surface area contributed by atoms with Gasteiger partial charge in [-0.3, -0.25) is 20.4 Å². The molecule has 0 saturated carbocycles. The van der Waals surface area contributed by atoms with Gasteiger partial charge in [0.25, 0.3) is 11.8 Å². The van der Waals surface area contributed by atoms with E-state index in [1.54, 1.807) is 24.3 Å². The maximum Gasteiger partial charge on any atom is 0.279 e. The number of benzene rings is 1. The Morgan fingerprint density at radius 2 is 2.00 bits per heavy atom. The molecule has 3 aromatic heterocycles. The first-order valence-corrected chi connectivity index (χ1v) is 11.3. The zero-order valence-electron chi connectivity index (χ0n) is 17.6. The van der Waals surface area contributed by atoms with E-state index in [-0.39, 0.29) is 12.5 Å². The molecule has 2 amide bonds. The fourth-order valence-corrected chi connectivity index (χ4v) is 5.00. The number of imidazole rings is 1. The van der Waals surface area contributed by atoms with Crippen LogP contribution in [0.2, 0.25) is 0 Å². The van der Waals surface area contributed by atoms with Crippen molar-refractivity contribution >= 4 is 28.8 Å². The quantitative estimate of drug-likeness (QED) is 0.456. The molecule has 32 heavy (non-hydrogen) atoms. The van der Waals surface area contributed by atoms with Crippen molar-refractivity contribution in [2.45, 2.75) is 32.8 Å². The standard InChI is InChI=1S/C24H22N4O3S/c1-15-5-4-10-28-13-18(25-22(15)28)14-31-19-8-2-7-17(11-19)23(29)26-27-24(30)21-12-16-6-3-9-20(16)32-21/h2,4-5,7-8,10-13H,3,6,9,14H2,1H3,(H,26,29)(H,27,30). The van der Waals surface area contributed by atoms with Gasteiger partial charge in [-0.15, -0.1) is 11.3 Å². The summed E-state index contributed by atoms with van der Waals surface area (Å²) in [5.74, 6) is -0.156. The summed E-state index contributed by atoms with van der Waals surface area (Å²) in [5, 5.41) is 0. The van der Waals surface area contributed by atoms with Gasteiger partial charge in [0.1, 0.15) is 18.0 Å². The van der Waals surface area contributed by atoms with E-state index in [1.807, 2.05) is 41.9 Å². The Balaban J connectivity index is 1.19. The number of nitrogens with one attached hydrogen (secondary N) is 2. The van der Waals surface area contributed by atoms with Crippen LogP contribution in [0.15, 0.2) is 54.9 Å². The molecule has 0 radical (unpaired) electrons. The number of carbonyl (C=O) groups excluding carboxylic acids is 2. The molecular weight excluding hydrogens is 424 g/mol. The van der Waals surface area contributed by atoms with Gasteiger partial charge in [-0.1, -0.05) is 12.1 Å². The van der Waals surface area contributed by atoms with Crippen LogP contribution in [0.25, 0.3) is 5.65 Å². The predicted molar refractivity (Wildman–Crippen MR) is 122 cm³/mol. The number of carbonyl (C=O) groups is 2. The van der Waals surface area contributed by atoms with Crippen molar-refractivity contribution in [2.24, 2.45) is 0 Å². The van der Waals surface area contributed by atoms with Crippen LogP contribution in [-0.4, -0.2) is 21.2 Å². The number of ether oxygens (including phenoxy) is 1. The van der Waals surface area contributed by atoms with E-state index in [2.05, 4.69) is 15.8 Å². The minimum absolute atomic E-state index is 0.284. The summed E-state index contributed by atoms with van der Waals surface area (Å²) in [5.41, 5.74) is 9.40. The van der Waals surface area contributed by atoms with E-state index in [1.165, 1.54) is 21.8 Å². The summed E-state index contributed by atoms with van der Waals surface area (Å²) < 4.78 is 7.80. The number of rotatable bonds is 5. The lowest BCUT2D eigenvalue weighted by Gasteiger charge is -2.08. The van der Waals surface area contributed by atoms with Crippen LogP contribution in [0.4, 0.5) is 0 Å². The number of thiophene rings is 1. The first-order chi connectivity index (χ1) is 15.6. The number of nitrogens with zero attached hydrogens (tertiary/aromatic N) is 2. The lowest BCUT2D eigenvalue weighted by Crippen LogP contribution is -2.41. The van der Waals surface area contributed by atoms with Crippen molar-refractivity contribution in [3.63, 3.8) is 0 Å². The Labute approximate surface area is 189 Å². The SMILES string of the molecule is Cc1cccn2cc(COc3cccc(C(=O)NNC(=O)c4cc5c(s4)CCC5)c3)nc12. The Bertz CT molecular complexity index is 1300. The third kappa shape index (κ3) is 4.09. The van der Waals surface area contributed by atoms with Crippen LogP contribution in [0, 0.1) is 6.92 Å². The molecule has 0 spiro atoms. The van der Waals surface area contributed by atoms with E-state index >= 15 is 0 Å². The van der Waals surface area contributed by atoms with Crippen molar-refractivity contribution in [3.05, 3.63) is 87.0 Å². The van der Waals surface area contributed by atoms with E-state index in [4.69, 9.17) is 4.74 Å². The zero-order chi connectivity index (χ0) is 22.1. The second-order valence-corrected chi connectivity index (χ2v) is 8.93. The molecule has 2 N–H and O–H groups in total. The fourth-order valence-electron chi connectivity index (χ4n) is 3.85. The molecule has 7 nitrogen and oxygen atoms in total. The second kappa shape index (κ2) is 8.47. The normalized spacial score (nSPS) is 12.5. The smallest absolute Gasteiger partial charge is 0.279 e. The van der Waals surface area contributed by atoms with Gasteiger partial charge in [-0.25, -0.2) is 4.98 Å². The summed E-state index contributed by atoms with van der Waals surface area (Å²) in [6, 6.07) is 12.7. The predicted octanol–water partition coefficient (Wildman–Crippen LogP) is 3.85. The van der Waals surface area contributed by atoms with Crippen LogP contribution < -0.4 is 15.6 Å². The molecule has 0 atom stereocenters. The van der Waals surface area contributed by atoms with E-state index in [9.17, 15) is 9.59 Å². The van der Waals surface area contributed by atoms with Gasteiger partial charge in [0.2, 0.25) is 0 Å². The molecule has 0 fully saturated rings. The van der Waals surface area contributed by atoms with Crippen molar-refractivity contribution < 1.29 is 14.3 Å². The summed E-state index contributed by atoms with van der Waals surface area (Å²) in [7, 11) is 0. The summed E-state index contributed by atoms with van der Waals surface area (Å²) in [4.78, 5) is 31.4. The molecule has 0 unspecified atom stereocenters. The van der Waals surface area contributed by atoms with Crippen molar-refractivity contribution in [1.29, 1.82) is 0 Å². The number of hydrogen-bond acceptors (Lipinski definition) is 5. The first-order valence-electron chi connectivity index (χ1n) is 10.4. The molecule has 0 bridgehead atoms. The lowest BCUT2D eigenvalue weighted by molar-refractivity contribution is 0.0848. The average molecular weight is 447 g/mol. The third-order valence-electron chi connectivity index (χ3n) is 5.47. The molecule has 0 saturated heterocycles. The van der Waals surface area contributed by atoms with Crippen LogP contribution in [0.5, 0.6) is 5.75 Å². The van der Waals surface area contributed by atoms with Gasteiger partial charge in [0.05, 0.1) is 10.6 Å². The molecule has 1 aliphatic rings. The lowest BCUT2D eigenvalue weighted by atomic mass is 10.2. The molecule has 8 heteroatoms. The molecule has 1 aromatic carbocycles. The Kier molecular flexibility index (Phi) is 5.36. The molecule has 5 rings (SSSR count). The maximum absolute atomic E-state index is 12.5. The molecule has 4 aromatic rings. The molecule has 1 aliphatic carbocycles. The van der Waals surface area contributed by atoms with Crippen molar-refractivity contribution in [2.75, 3.05) is 0 Å². The number of pyridine rings is 1. The van der Waals surface area contributed by atoms with Crippen molar-refractivity contribution in [3.8, 4) is 5.75 Å². The van der Waals surface area contributed by atoms with Gasteiger partial charge >= 0.3 is 0 Å². The molecule has 162 valence electrons. The number of aromatic nitrogens is 2. The Hall–Kier alpha value is -3.65. The van der Waals surface area contributed by atoms with Crippen LogP contribution in [0.1, 0.15) is 48.1 Å². The van der Waals surface area contributed by atoms with Gasteiger partial charge < -0.3 is 9.14 Å². The zero-order valence-corrected chi connectivity index (χ0v) is 18.4. The fraction of sp³-hybridized carbons (Fsp3) is 0.208. The highest BCUT2D eigenvalue weighted by Gasteiger charge is 2.19. The van der Waals surface area contributed by atoms with Crippen LogP contribution >= 0.6 is 11.3 Å². The Morgan fingerprint density at radius 1 is 1.12 bits per heavy atom. The highest BCUT2D eigenvalue weighted by molar-refractivity contribution is 7.14. The largest absolute Gasteiger partial charge is 0.487 e. The molecule has 0 aliphatic heterocycles. The van der Waals surface area contributed by atoms with Crippen molar-refractivity contribution in [1.82, 2.24) is 20.2 Å². The van der Waals surface area contributed by atoms with Gasteiger partial charge in [-0.05, 0) is 67.6 Å². The minimum atomic E-state index is -0.406. The summed E-state index contributed by atoms with van der Waals surface area (Å²) in [6.45, 7) is 2.30. The second-order valence-electron chi connectivity index (χ2n) is 7.79. The summed E-state index contributed by atoms with van der Waals surface area (Å²) in [6.07, 6.45) is 7.07.